The quantitative estimate of drug-likeness (QED) is 0.533. The van der Waals surface area contributed by atoms with Crippen LogP contribution in [0.5, 0.6) is 0 Å². The second-order valence-electron chi connectivity index (χ2n) is 6.64. The Bertz CT molecular complexity index is 989. The molecule has 2 aromatic carbocycles. The maximum Gasteiger partial charge on any atom is 0.111 e. The van der Waals surface area contributed by atoms with Crippen molar-refractivity contribution in [2.45, 2.75) is 13.8 Å². The van der Waals surface area contributed by atoms with Crippen molar-refractivity contribution in [1.29, 1.82) is 0 Å². The minimum atomic E-state index is 0.746. The van der Waals surface area contributed by atoms with Crippen LogP contribution in [0.3, 0.4) is 0 Å². The number of nitrogens with zero attached hydrogens (tertiary/aromatic N) is 2. The van der Waals surface area contributed by atoms with Crippen LogP contribution < -0.4 is 0 Å². The standard InChI is InChI=1S/C21H21BrN2OS/c1-14-13-18(21(26)23-9-11-25-12-10-23)15(2)24(14)20-8-7-19(22)16-5-3-4-6-17(16)20/h3-8,13H,9-12H2,1-2H3. The maximum atomic E-state index is 5.82. The highest BCUT2D eigenvalue weighted by atomic mass is 79.9. The van der Waals surface area contributed by atoms with Gasteiger partial charge in [0, 0.05) is 39.9 Å². The summed E-state index contributed by atoms with van der Waals surface area (Å²) in [4.78, 5) is 3.18. The lowest BCUT2D eigenvalue weighted by Crippen LogP contribution is -2.40. The molecule has 134 valence electrons. The van der Waals surface area contributed by atoms with Gasteiger partial charge in [0.15, 0.2) is 0 Å². The largest absolute Gasteiger partial charge is 0.378 e. The van der Waals surface area contributed by atoms with Crippen molar-refractivity contribution in [2.24, 2.45) is 0 Å². The molecule has 0 spiro atoms. The van der Waals surface area contributed by atoms with Crippen LogP contribution in [0.4, 0.5) is 0 Å². The van der Waals surface area contributed by atoms with E-state index in [1.54, 1.807) is 0 Å². The van der Waals surface area contributed by atoms with Gasteiger partial charge >= 0.3 is 0 Å². The van der Waals surface area contributed by atoms with E-state index >= 15 is 0 Å². The van der Waals surface area contributed by atoms with Crippen LogP contribution >= 0.6 is 28.1 Å². The Morgan fingerprint density at radius 1 is 1.04 bits per heavy atom. The molecule has 1 aromatic heterocycles. The number of thiocarbonyl (C=S) groups is 1. The molecule has 0 N–H and O–H groups in total. The average Bonchev–Trinajstić information content (AvgIpc) is 2.97. The molecule has 0 saturated carbocycles. The van der Waals surface area contributed by atoms with Crippen molar-refractivity contribution in [1.82, 2.24) is 9.47 Å². The molecule has 1 fully saturated rings. The smallest absolute Gasteiger partial charge is 0.111 e. The number of aromatic nitrogens is 1. The molecule has 0 unspecified atom stereocenters. The fraction of sp³-hybridized carbons (Fsp3) is 0.286. The minimum Gasteiger partial charge on any atom is -0.378 e. The predicted octanol–water partition coefficient (Wildman–Crippen LogP) is 5.02. The van der Waals surface area contributed by atoms with E-state index in [-0.39, 0.29) is 0 Å². The van der Waals surface area contributed by atoms with Crippen LogP contribution in [0.2, 0.25) is 0 Å². The van der Waals surface area contributed by atoms with E-state index in [0.29, 0.717) is 0 Å². The van der Waals surface area contributed by atoms with Crippen LogP contribution in [0, 0.1) is 13.8 Å². The highest BCUT2D eigenvalue weighted by molar-refractivity contribution is 9.10. The van der Waals surface area contributed by atoms with Crippen LogP contribution in [-0.4, -0.2) is 40.8 Å². The second kappa shape index (κ2) is 7.14. The lowest BCUT2D eigenvalue weighted by atomic mass is 10.1. The Balaban J connectivity index is 1.83. The Hall–Kier alpha value is -1.69. The molecule has 1 aliphatic heterocycles. The molecule has 1 aliphatic rings. The predicted molar refractivity (Wildman–Crippen MR) is 115 cm³/mol. The normalized spacial score (nSPS) is 14.8. The molecular weight excluding hydrogens is 408 g/mol. The summed E-state index contributed by atoms with van der Waals surface area (Å²) in [6.45, 7) is 7.53. The number of benzene rings is 2. The first-order chi connectivity index (χ1) is 12.6. The van der Waals surface area contributed by atoms with Crippen LogP contribution in [-0.2, 0) is 4.74 Å². The molecule has 0 amide bonds. The van der Waals surface area contributed by atoms with Gasteiger partial charge in [-0.1, -0.05) is 52.4 Å². The van der Waals surface area contributed by atoms with E-state index < -0.39 is 0 Å². The number of rotatable bonds is 2. The first-order valence-corrected chi connectivity index (χ1v) is 10.0. The Kier molecular flexibility index (Phi) is 4.86. The molecule has 0 radical (unpaired) electrons. The van der Waals surface area contributed by atoms with Gasteiger partial charge < -0.3 is 14.2 Å². The number of halogens is 1. The zero-order valence-corrected chi connectivity index (χ0v) is 17.4. The Labute approximate surface area is 167 Å². The molecule has 3 aromatic rings. The van der Waals surface area contributed by atoms with Gasteiger partial charge in [-0.25, -0.2) is 0 Å². The van der Waals surface area contributed by atoms with E-state index in [9.17, 15) is 0 Å². The SMILES string of the molecule is Cc1cc(C(=S)N2CCOCC2)c(C)n1-c1ccc(Br)c2ccccc12. The third-order valence-corrected chi connectivity index (χ3v) is 6.22. The number of aryl methyl sites for hydroxylation is 1. The lowest BCUT2D eigenvalue weighted by molar-refractivity contribution is 0.0692. The molecular formula is C21H21BrN2OS. The number of hydrogen-bond donors (Lipinski definition) is 0. The molecule has 0 aliphatic carbocycles. The van der Waals surface area contributed by atoms with Gasteiger partial charge in [-0.05, 0) is 37.4 Å². The first kappa shape index (κ1) is 17.7. The monoisotopic (exact) mass is 428 g/mol. The molecule has 0 bridgehead atoms. The summed E-state index contributed by atoms with van der Waals surface area (Å²) >= 11 is 9.49. The van der Waals surface area contributed by atoms with Crippen molar-refractivity contribution in [3.63, 3.8) is 0 Å². The number of hydrogen-bond acceptors (Lipinski definition) is 2. The van der Waals surface area contributed by atoms with E-state index in [1.165, 1.54) is 27.8 Å². The maximum absolute atomic E-state index is 5.82. The summed E-state index contributed by atoms with van der Waals surface area (Å²) in [7, 11) is 0. The molecule has 0 atom stereocenters. The van der Waals surface area contributed by atoms with Crippen LogP contribution in [0.15, 0.2) is 46.9 Å². The van der Waals surface area contributed by atoms with Gasteiger partial charge in [0.2, 0.25) is 0 Å². The Morgan fingerprint density at radius 2 is 1.73 bits per heavy atom. The van der Waals surface area contributed by atoms with Gasteiger partial charge in [-0.2, -0.15) is 0 Å². The molecule has 1 saturated heterocycles. The molecule has 4 rings (SSSR count). The molecule has 2 heterocycles. The van der Waals surface area contributed by atoms with Crippen molar-refractivity contribution in [2.75, 3.05) is 26.3 Å². The molecule has 26 heavy (non-hydrogen) atoms. The third kappa shape index (κ3) is 2.98. The van der Waals surface area contributed by atoms with E-state index in [4.69, 9.17) is 17.0 Å². The van der Waals surface area contributed by atoms with E-state index in [0.717, 1.165) is 41.3 Å². The summed E-state index contributed by atoms with van der Waals surface area (Å²) in [6, 6.07) is 15.0. The third-order valence-electron chi connectivity index (χ3n) is 5.05. The van der Waals surface area contributed by atoms with E-state index in [1.807, 2.05) is 0 Å². The van der Waals surface area contributed by atoms with Gasteiger partial charge in [0.1, 0.15) is 4.99 Å². The van der Waals surface area contributed by atoms with Gasteiger partial charge in [0.05, 0.1) is 18.9 Å². The zero-order valence-electron chi connectivity index (χ0n) is 15.0. The van der Waals surface area contributed by atoms with Crippen molar-refractivity contribution in [3.8, 4) is 5.69 Å². The van der Waals surface area contributed by atoms with Crippen molar-refractivity contribution < 1.29 is 4.74 Å². The highest BCUT2D eigenvalue weighted by Gasteiger charge is 2.21. The number of morpholine rings is 1. The second-order valence-corrected chi connectivity index (χ2v) is 7.88. The molecule has 5 heteroatoms. The van der Waals surface area contributed by atoms with Gasteiger partial charge in [0.25, 0.3) is 0 Å². The van der Waals surface area contributed by atoms with E-state index in [2.05, 4.69) is 81.7 Å². The number of ether oxygens (including phenoxy) is 1. The average molecular weight is 429 g/mol. The summed E-state index contributed by atoms with van der Waals surface area (Å²) in [5.74, 6) is 0. The summed E-state index contributed by atoms with van der Waals surface area (Å²) < 4.78 is 8.89. The van der Waals surface area contributed by atoms with Crippen LogP contribution in [0.1, 0.15) is 17.0 Å². The lowest BCUT2D eigenvalue weighted by Gasteiger charge is -2.29. The van der Waals surface area contributed by atoms with Crippen molar-refractivity contribution >= 4 is 43.9 Å². The fourth-order valence-electron chi connectivity index (χ4n) is 3.73. The highest BCUT2D eigenvalue weighted by Crippen LogP contribution is 2.32. The number of fused-ring (bicyclic) bond motifs is 1. The van der Waals surface area contributed by atoms with Crippen molar-refractivity contribution in [3.05, 3.63) is 63.9 Å². The van der Waals surface area contributed by atoms with Crippen LogP contribution in [0.25, 0.3) is 16.5 Å². The van der Waals surface area contributed by atoms with Gasteiger partial charge in [-0.3, -0.25) is 0 Å². The zero-order chi connectivity index (χ0) is 18.3. The Morgan fingerprint density at radius 3 is 2.46 bits per heavy atom. The summed E-state index contributed by atoms with van der Waals surface area (Å²) in [5.41, 5.74) is 4.72. The fourth-order valence-corrected chi connectivity index (χ4v) is 4.60. The molecule has 3 nitrogen and oxygen atoms in total. The first-order valence-electron chi connectivity index (χ1n) is 8.81. The summed E-state index contributed by atoms with van der Waals surface area (Å²) in [5, 5.41) is 2.45. The minimum absolute atomic E-state index is 0.746. The van der Waals surface area contributed by atoms with Gasteiger partial charge in [-0.15, -0.1) is 0 Å². The topological polar surface area (TPSA) is 17.4 Å². The summed E-state index contributed by atoms with van der Waals surface area (Å²) in [6.07, 6.45) is 0.